The summed E-state index contributed by atoms with van der Waals surface area (Å²) in [6.45, 7) is 3.37. The van der Waals surface area contributed by atoms with Crippen molar-refractivity contribution in [2.45, 2.75) is 18.2 Å². The molecule has 1 aromatic carbocycles. The topological polar surface area (TPSA) is 128 Å². The molecule has 146 valence electrons. The molecule has 0 atom stereocenters. The summed E-state index contributed by atoms with van der Waals surface area (Å²) < 4.78 is 32.3. The van der Waals surface area contributed by atoms with Crippen LogP contribution in [0.4, 0.5) is 5.69 Å². The highest BCUT2D eigenvalue weighted by atomic mass is 32.2. The first-order valence-corrected chi connectivity index (χ1v) is 9.60. The van der Waals surface area contributed by atoms with Gasteiger partial charge in [0.25, 0.3) is 0 Å². The number of amides is 1. The summed E-state index contributed by atoms with van der Waals surface area (Å²) in [5.41, 5.74) is 0.455. The number of anilines is 1. The molecule has 1 amide bonds. The van der Waals surface area contributed by atoms with Crippen LogP contribution < -0.4 is 10.5 Å². The SMILES string of the molecule is CCOC(=O)CN(CCOC)CCC(=O)Nc1ccc(S(N)(=O)=O)cc1. The number of rotatable bonds is 11. The Labute approximate surface area is 153 Å². The maximum atomic E-state index is 12.1. The maximum absolute atomic E-state index is 12.1. The van der Waals surface area contributed by atoms with E-state index in [1.807, 2.05) is 0 Å². The number of hydrogen-bond donors (Lipinski definition) is 2. The van der Waals surface area contributed by atoms with Crippen LogP contribution in [-0.4, -0.2) is 65.2 Å². The van der Waals surface area contributed by atoms with Gasteiger partial charge >= 0.3 is 5.97 Å². The van der Waals surface area contributed by atoms with Gasteiger partial charge in [0.1, 0.15) is 0 Å². The number of hydrogen-bond acceptors (Lipinski definition) is 7. The second-order valence-electron chi connectivity index (χ2n) is 5.44. The minimum atomic E-state index is -3.77. The van der Waals surface area contributed by atoms with E-state index in [-0.39, 0.29) is 29.7 Å². The highest BCUT2D eigenvalue weighted by Crippen LogP contribution is 2.13. The van der Waals surface area contributed by atoms with Gasteiger partial charge in [-0.1, -0.05) is 0 Å². The predicted octanol–water partition coefficient (Wildman–Crippen LogP) is 0.174. The average molecular weight is 387 g/mol. The van der Waals surface area contributed by atoms with Gasteiger partial charge in [0.2, 0.25) is 15.9 Å². The number of sulfonamides is 1. The number of nitrogens with two attached hydrogens (primary N) is 1. The van der Waals surface area contributed by atoms with E-state index in [1.165, 1.54) is 24.3 Å². The van der Waals surface area contributed by atoms with Gasteiger partial charge in [-0.25, -0.2) is 13.6 Å². The summed E-state index contributed by atoms with van der Waals surface area (Å²) in [5.74, 6) is -0.623. The van der Waals surface area contributed by atoms with Crippen LogP contribution >= 0.6 is 0 Å². The van der Waals surface area contributed by atoms with E-state index >= 15 is 0 Å². The van der Waals surface area contributed by atoms with Crippen molar-refractivity contribution >= 4 is 27.6 Å². The summed E-state index contributed by atoms with van der Waals surface area (Å²) in [6.07, 6.45) is 0.153. The standard InChI is InChI=1S/C16H25N3O6S/c1-3-25-16(21)12-19(10-11-24-2)9-8-15(20)18-13-4-6-14(7-5-13)26(17,22)23/h4-7H,3,8-12H2,1-2H3,(H,18,20)(H2,17,22,23). The average Bonchev–Trinajstić information content (AvgIpc) is 2.57. The second kappa shape index (κ2) is 10.9. The van der Waals surface area contributed by atoms with Crippen molar-refractivity contribution in [3.8, 4) is 0 Å². The van der Waals surface area contributed by atoms with E-state index in [0.29, 0.717) is 32.0 Å². The molecule has 3 N–H and O–H groups in total. The Balaban J connectivity index is 2.54. The lowest BCUT2D eigenvalue weighted by Gasteiger charge is -2.20. The molecule has 9 nitrogen and oxygen atoms in total. The molecule has 0 radical (unpaired) electrons. The van der Waals surface area contributed by atoms with Crippen LogP contribution in [0.15, 0.2) is 29.2 Å². The molecule has 0 fully saturated rings. The van der Waals surface area contributed by atoms with E-state index < -0.39 is 10.0 Å². The van der Waals surface area contributed by atoms with E-state index in [9.17, 15) is 18.0 Å². The minimum absolute atomic E-state index is 0.0318. The van der Waals surface area contributed by atoms with Gasteiger partial charge < -0.3 is 14.8 Å². The fourth-order valence-corrected chi connectivity index (χ4v) is 2.61. The Bertz CT molecular complexity index is 690. The zero-order valence-corrected chi connectivity index (χ0v) is 15.8. The lowest BCUT2D eigenvalue weighted by atomic mass is 10.3. The fourth-order valence-electron chi connectivity index (χ4n) is 2.09. The second-order valence-corrected chi connectivity index (χ2v) is 7.00. The summed E-state index contributed by atoms with van der Waals surface area (Å²) in [5, 5.41) is 7.68. The summed E-state index contributed by atoms with van der Waals surface area (Å²) in [6, 6.07) is 5.55. The Morgan fingerprint density at radius 1 is 1.19 bits per heavy atom. The fraction of sp³-hybridized carbons (Fsp3) is 0.500. The minimum Gasteiger partial charge on any atom is -0.465 e. The molecule has 0 aromatic heterocycles. The van der Waals surface area contributed by atoms with Crippen molar-refractivity contribution < 1.29 is 27.5 Å². The number of benzene rings is 1. The zero-order chi connectivity index (χ0) is 19.6. The van der Waals surface area contributed by atoms with E-state index in [2.05, 4.69) is 5.32 Å². The van der Waals surface area contributed by atoms with Crippen molar-refractivity contribution in [3.05, 3.63) is 24.3 Å². The quantitative estimate of drug-likeness (QED) is 0.518. The molecule has 0 aliphatic heterocycles. The lowest BCUT2D eigenvalue weighted by Crippen LogP contribution is -2.36. The maximum Gasteiger partial charge on any atom is 0.320 e. The first-order chi connectivity index (χ1) is 12.3. The van der Waals surface area contributed by atoms with Crippen molar-refractivity contribution in [3.63, 3.8) is 0 Å². The van der Waals surface area contributed by atoms with E-state index in [4.69, 9.17) is 14.6 Å². The smallest absolute Gasteiger partial charge is 0.320 e. The van der Waals surface area contributed by atoms with Crippen LogP contribution in [0.2, 0.25) is 0 Å². The van der Waals surface area contributed by atoms with E-state index in [1.54, 1.807) is 18.9 Å². The van der Waals surface area contributed by atoms with Crippen molar-refractivity contribution in [2.75, 3.05) is 45.3 Å². The summed E-state index contributed by atoms with van der Waals surface area (Å²) in [7, 11) is -2.21. The van der Waals surface area contributed by atoms with Crippen LogP contribution in [0.25, 0.3) is 0 Å². The summed E-state index contributed by atoms with van der Waals surface area (Å²) >= 11 is 0. The Kier molecular flexibility index (Phi) is 9.21. The van der Waals surface area contributed by atoms with Gasteiger partial charge in [0.15, 0.2) is 0 Å². The number of esters is 1. The van der Waals surface area contributed by atoms with Crippen LogP contribution in [0.5, 0.6) is 0 Å². The molecule has 0 spiro atoms. The molecule has 0 aliphatic rings. The van der Waals surface area contributed by atoms with Crippen molar-refractivity contribution in [2.24, 2.45) is 5.14 Å². The molecule has 0 aliphatic carbocycles. The third-order valence-corrected chi connectivity index (χ3v) is 4.32. The van der Waals surface area contributed by atoms with Gasteiger partial charge in [-0.15, -0.1) is 0 Å². The predicted molar refractivity (Wildman–Crippen MR) is 96.0 cm³/mol. The van der Waals surface area contributed by atoms with Gasteiger partial charge in [-0.2, -0.15) is 0 Å². The van der Waals surface area contributed by atoms with Gasteiger partial charge in [-0.05, 0) is 31.2 Å². The first-order valence-electron chi connectivity index (χ1n) is 8.06. The highest BCUT2D eigenvalue weighted by Gasteiger charge is 2.14. The Morgan fingerprint density at radius 3 is 2.38 bits per heavy atom. The molecule has 1 aromatic rings. The molecule has 0 bridgehead atoms. The van der Waals surface area contributed by atoms with Crippen molar-refractivity contribution in [1.82, 2.24) is 4.90 Å². The lowest BCUT2D eigenvalue weighted by molar-refractivity contribution is -0.144. The van der Waals surface area contributed by atoms with Crippen LogP contribution in [0.3, 0.4) is 0 Å². The molecule has 0 saturated heterocycles. The number of primary sulfonamides is 1. The molecule has 10 heteroatoms. The molecule has 0 unspecified atom stereocenters. The molecular weight excluding hydrogens is 362 g/mol. The third-order valence-electron chi connectivity index (χ3n) is 3.39. The molecule has 1 rings (SSSR count). The molecule has 26 heavy (non-hydrogen) atoms. The van der Waals surface area contributed by atoms with Gasteiger partial charge in [0.05, 0.1) is 24.7 Å². The summed E-state index contributed by atoms with van der Waals surface area (Å²) in [4.78, 5) is 25.4. The number of nitrogens with one attached hydrogen (secondary N) is 1. The monoisotopic (exact) mass is 387 g/mol. The first kappa shape index (κ1) is 22.0. The van der Waals surface area contributed by atoms with Crippen LogP contribution in [0, 0.1) is 0 Å². The Morgan fingerprint density at radius 2 is 1.85 bits per heavy atom. The normalized spacial score (nSPS) is 11.4. The van der Waals surface area contributed by atoms with E-state index in [0.717, 1.165) is 0 Å². The third kappa shape index (κ3) is 8.39. The number of ether oxygens (including phenoxy) is 2. The number of carbonyl (C=O) groups excluding carboxylic acids is 2. The number of carbonyl (C=O) groups is 2. The van der Waals surface area contributed by atoms with Crippen molar-refractivity contribution in [1.29, 1.82) is 0 Å². The number of methoxy groups -OCH3 is 1. The Hall–Kier alpha value is -2.01. The molecular formula is C16H25N3O6S. The molecule has 0 saturated carbocycles. The largest absolute Gasteiger partial charge is 0.465 e. The zero-order valence-electron chi connectivity index (χ0n) is 14.9. The van der Waals surface area contributed by atoms with Gasteiger partial charge in [-0.3, -0.25) is 14.5 Å². The van der Waals surface area contributed by atoms with Gasteiger partial charge in [0, 0.05) is 32.3 Å². The molecule has 0 heterocycles. The van der Waals surface area contributed by atoms with Crippen LogP contribution in [-0.2, 0) is 29.1 Å². The highest BCUT2D eigenvalue weighted by molar-refractivity contribution is 7.89. The van der Waals surface area contributed by atoms with Crippen LogP contribution in [0.1, 0.15) is 13.3 Å². The number of nitrogens with zero attached hydrogens (tertiary/aromatic N) is 1.